The minimum absolute atomic E-state index is 0.0562. The number of morpholine rings is 1. The molecule has 2 fully saturated rings. The highest BCUT2D eigenvalue weighted by Gasteiger charge is 2.52. The Bertz CT molecular complexity index is 248. The number of ether oxygens (including phenoxy) is 2. The van der Waals surface area contributed by atoms with Crippen molar-refractivity contribution in [2.24, 2.45) is 11.8 Å². The van der Waals surface area contributed by atoms with E-state index in [0.29, 0.717) is 18.4 Å². The van der Waals surface area contributed by atoms with Crippen molar-refractivity contribution in [1.29, 1.82) is 0 Å². The topological polar surface area (TPSA) is 30.5 Å². The molecule has 1 aliphatic carbocycles. The molecule has 0 spiro atoms. The second-order valence-corrected chi connectivity index (χ2v) is 5.95. The minimum atomic E-state index is -0.0774. The van der Waals surface area contributed by atoms with Gasteiger partial charge in [0, 0.05) is 20.2 Å². The fourth-order valence-corrected chi connectivity index (χ4v) is 2.66. The van der Waals surface area contributed by atoms with Gasteiger partial charge in [-0.2, -0.15) is 0 Å². The quantitative estimate of drug-likeness (QED) is 0.794. The zero-order valence-corrected chi connectivity index (χ0v) is 11.0. The molecule has 0 aromatic carbocycles. The molecule has 0 bridgehead atoms. The lowest BCUT2D eigenvalue weighted by molar-refractivity contribution is -0.215. The fourth-order valence-electron chi connectivity index (χ4n) is 2.66. The van der Waals surface area contributed by atoms with Crippen molar-refractivity contribution in [1.82, 2.24) is 5.32 Å². The van der Waals surface area contributed by atoms with Crippen molar-refractivity contribution < 1.29 is 9.47 Å². The van der Waals surface area contributed by atoms with E-state index in [0.717, 1.165) is 13.1 Å². The molecule has 1 N–H and O–H groups in total. The molecule has 0 aromatic rings. The standard InChI is InChI=1S/C13H25NO2/c1-10(2)12(3)7-14-8-13(16-12,9-15-4)11-5-6-11/h10-11,14H,5-9H2,1-4H3. The van der Waals surface area contributed by atoms with Crippen LogP contribution in [0.25, 0.3) is 0 Å². The number of hydrogen-bond donors (Lipinski definition) is 1. The van der Waals surface area contributed by atoms with Crippen LogP contribution < -0.4 is 5.32 Å². The first-order chi connectivity index (χ1) is 7.52. The summed E-state index contributed by atoms with van der Waals surface area (Å²) in [6, 6.07) is 0. The fraction of sp³-hybridized carbons (Fsp3) is 1.00. The largest absolute Gasteiger partial charge is 0.382 e. The van der Waals surface area contributed by atoms with E-state index >= 15 is 0 Å². The number of hydrogen-bond acceptors (Lipinski definition) is 3. The summed E-state index contributed by atoms with van der Waals surface area (Å²) in [6.07, 6.45) is 2.58. The first-order valence-corrected chi connectivity index (χ1v) is 6.42. The first kappa shape index (κ1) is 12.3. The summed E-state index contributed by atoms with van der Waals surface area (Å²) in [5, 5.41) is 3.55. The van der Waals surface area contributed by atoms with Crippen molar-refractivity contribution in [2.45, 2.75) is 44.8 Å². The maximum absolute atomic E-state index is 6.50. The van der Waals surface area contributed by atoms with Crippen LogP contribution in [0.2, 0.25) is 0 Å². The molecule has 2 atom stereocenters. The predicted molar refractivity (Wildman–Crippen MR) is 64.5 cm³/mol. The number of methoxy groups -OCH3 is 1. The average Bonchev–Trinajstić information content (AvgIpc) is 3.01. The third kappa shape index (κ3) is 2.13. The molecule has 16 heavy (non-hydrogen) atoms. The average molecular weight is 227 g/mol. The normalized spacial score (nSPS) is 40.3. The Balaban J connectivity index is 2.13. The second-order valence-electron chi connectivity index (χ2n) is 5.95. The maximum atomic E-state index is 6.50. The highest BCUT2D eigenvalue weighted by atomic mass is 16.6. The van der Waals surface area contributed by atoms with E-state index in [2.05, 4.69) is 26.1 Å². The third-order valence-corrected chi connectivity index (χ3v) is 4.27. The van der Waals surface area contributed by atoms with E-state index < -0.39 is 0 Å². The Kier molecular flexibility index (Phi) is 3.30. The molecule has 2 aliphatic rings. The van der Waals surface area contributed by atoms with Crippen LogP contribution >= 0.6 is 0 Å². The third-order valence-electron chi connectivity index (χ3n) is 4.27. The van der Waals surface area contributed by atoms with E-state index in [4.69, 9.17) is 9.47 Å². The lowest BCUT2D eigenvalue weighted by Crippen LogP contribution is -2.63. The van der Waals surface area contributed by atoms with Gasteiger partial charge in [0.2, 0.25) is 0 Å². The molecule has 0 amide bonds. The van der Waals surface area contributed by atoms with Gasteiger partial charge < -0.3 is 14.8 Å². The predicted octanol–water partition coefficient (Wildman–Crippen LogP) is 1.82. The zero-order chi connectivity index (χ0) is 11.8. The minimum Gasteiger partial charge on any atom is -0.382 e. The van der Waals surface area contributed by atoms with Gasteiger partial charge in [-0.3, -0.25) is 0 Å². The maximum Gasteiger partial charge on any atom is 0.107 e. The molecule has 1 aliphatic heterocycles. The van der Waals surface area contributed by atoms with E-state index in [1.165, 1.54) is 12.8 Å². The number of nitrogens with one attached hydrogen (secondary N) is 1. The van der Waals surface area contributed by atoms with Crippen LogP contribution in [0.15, 0.2) is 0 Å². The van der Waals surface area contributed by atoms with Gasteiger partial charge in [0.15, 0.2) is 0 Å². The lowest BCUT2D eigenvalue weighted by atomic mass is 9.86. The highest BCUT2D eigenvalue weighted by Crippen LogP contribution is 2.46. The summed E-state index contributed by atoms with van der Waals surface area (Å²) < 4.78 is 11.9. The van der Waals surface area contributed by atoms with Gasteiger partial charge in [0.1, 0.15) is 5.60 Å². The molecular formula is C13H25NO2. The van der Waals surface area contributed by atoms with Crippen LogP contribution in [0.5, 0.6) is 0 Å². The Labute approximate surface area is 98.9 Å². The van der Waals surface area contributed by atoms with Gasteiger partial charge >= 0.3 is 0 Å². The monoisotopic (exact) mass is 227 g/mol. The van der Waals surface area contributed by atoms with Gasteiger partial charge in [-0.15, -0.1) is 0 Å². The van der Waals surface area contributed by atoms with Gasteiger partial charge in [0.05, 0.1) is 12.2 Å². The molecule has 1 heterocycles. The SMILES string of the molecule is COCC1(C2CC2)CNCC(C)(C(C)C)O1. The molecule has 2 rings (SSSR count). The molecule has 3 nitrogen and oxygen atoms in total. The first-order valence-electron chi connectivity index (χ1n) is 6.42. The van der Waals surface area contributed by atoms with Crippen LogP contribution in [-0.4, -0.2) is 38.0 Å². The summed E-state index contributed by atoms with van der Waals surface area (Å²) in [5.41, 5.74) is -0.134. The van der Waals surface area contributed by atoms with Crippen LogP contribution in [-0.2, 0) is 9.47 Å². The Morgan fingerprint density at radius 1 is 1.38 bits per heavy atom. The van der Waals surface area contributed by atoms with Crippen molar-refractivity contribution in [3.05, 3.63) is 0 Å². The van der Waals surface area contributed by atoms with Crippen molar-refractivity contribution in [3.63, 3.8) is 0 Å². The molecule has 94 valence electrons. The Hall–Kier alpha value is -0.120. The zero-order valence-electron chi connectivity index (χ0n) is 11.0. The molecule has 2 unspecified atom stereocenters. The lowest BCUT2D eigenvalue weighted by Gasteiger charge is -2.49. The van der Waals surface area contributed by atoms with E-state index in [1.807, 2.05) is 0 Å². The molecule has 0 radical (unpaired) electrons. The second kappa shape index (κ2) is 4.28. The highest BCUT2D eigenvalue weighted by molar-refractivity contribution is 5.04. The summed E-state index contributed by atoms with van der Waals surface area (Å²) in [4.78, 5) is 0. The molecule has 1 saturated carbocycles. The Morgan fingerprint density at radius 3 is 2.56 bits per heavy atom. The number of rotatable bonds is 4. The van der Waals surface area contributed by atoms with Gasteiger partial charge in [-0.25, -0.2) is 0 Å². The van der Waals surface area contributed by atoms with Gasteiger partial charge in [0.25, 0.3) is 0 Å². The molecule has 1 saturated heterocycles. The Morgan fingerprint density at radius 2 is 2.06 bits per heavy atom. The van der Waals surface area contributed by atoms with Crippen LogP contribution in [0, 0.1) is 11.8 Å². The summed E-state index contributed by atoms with van der Waals surface area (Å²) in [5.74, 6) is 1.22. The van der Waals surface area contributed by atoms with Crippen molar-refractivity contribution >= 4 is 0 Å². The smallest absolute Gasteiger partial charge is 0.107 e. The van der Waals surface area contributed by atoms with Crippen LogP contribution in [0.1, 0.15) is 33.6 Å². The summed E-state index contributed by atoms with van der Waals surface area (Å²) >= 11 is 0. The summed E-state index contributed by atoms with van der Waals surface area (Å²) in [7, 11) is 1.77. The molecular weight excluding hydrogens is 202 g/mol. The summed E-state index contributed by atoms with van der Waals surface area (Å²) in [6.45, 7) is 9.29. The van der Waals surface area contributed by atoms with Crippen molar-refractivity contribution in [2.75, 3.05) is 26.8 Å². The van der Waals surface area contributed by atoms with E-state index in [-0.39, 0.29) is 11.2 Å². The van der Waals surface area contributed by atoms with E-state index in [1.54, 1.807) is 7.11 Å². The van der Waals surface area contributed by atoms with Gasteiger partial charge in [-0.1, -0.05) is 13.8 Å². The van der Waals surface area contributed by atoms with Gasteiger partial charge in [-0.05, 0) is 31.6 Å². The van der Waals surface area contributed by atoms with Crippen LogP contribution in [0.4, 0.5) is 0 Å². The van der Waals surface area contributed by atoms with E-state index in [9.17, 15) is 0 Å². The molecule has 0 aromatic heterocycles. The molecule has 3 heteroatoms. The van der Waals surface area contributed by atoms with Crippen molar-refractivity contribution in [3.8, 4) is 0 Å². The van der Waals surface area contributed by atoms with Crippen LogP contribution in [0.3, 0.4) is 0 Å².